The molecule has 0 saturated carbocycles. The Bertz CT molecular complexity index is 1480. The summed E-state index contributed by atoms with van der Waals surface area (Å²) in [5, 5.41) is 5.25. The van der Waals surface area contributed by atoms with Crippen molar-refractivity contribution >= 4 is 65.3 Å². The minimum Gasteiger partial charge on any atom is -0.870 e. The summed E-state index contributed by atoms with van der Waals surface area (Å²) >= 11 is 3.19. The molecule has 1 aliphatic rings. The minimum atomic E-state index is -4.08. The highest BCUT2D eigenvalue weighted by atomic mass is 32.2. The fraction of sp³-hybridized carbons (Fsp3) is 0.261. The van der Waals surface area contributed by atoms with Crippen molar-refractivity contribution in [3.8, 4) is 0 Å². The van der Waals surface area contributed by atoms with Crippen molar-refractivity contribution in [1.29, 1.82) is 0 Å². The maximum absolute atomic E-state index is 11.3. The molecule has 0 saturated heterocycles. The fourth-order valence-electron chi connectivity index (χ4n) is 3.86. The van der Waals surface area contributed by atoms with Crippen LogP contribution in [0.5, 0.6) is 0 Å². The third kappa shape index (κ3) is 7.62. The molecular formula is C23H26N2O7S4. The van der Waals surface area contributed by atoms with Gasteiger partial charge in [-0.15, -0.1) is 0 Å². The zero-order valence-electron chi connectivity index (χ0n) is 19.1. The van der Waals surface area contributed by atoms with Gasteiger partial charge in [-0.1, -0.05) is 53.4 Å². The third-order valence-corrected chi connectivity index (χ3v) is 9.07. The van der Waals surface area contributed by atoms with Crippen LogP contribution in [-0.2, 0) is 33.2 Å². The predicted molar refractivity (Wildman–Crippen MR) is 143 cm³/mol. The number of para-hydroxylation sites is 2. The van der Waals surface area contributed by atoms with Gasteiger partial charge in [-0.05, 0) is 37.1 Å². The van der Waals surface area contributed by atoms with Crippen molar-refractivity contribution in [3.63, 3.8) is 0 Å². The van der Waals surface area contributed by atoms with Crippen molar-refractivity contribution in [2.24, 2.45) is 0 Å². The molecule has 0 radical (unpaired) electrons. The van der Waals surface area contributed by atoms with Gasteiger partial charge in [0.15, 0.2) is 6.54 Å². The Morgan fingerprint density at radius 2 is 1.67 bits per heavy atom. The van der Waals surface area contributed by atoms with Gasteiger partial charge in [0, 0.05) is 23.0 Å². The molecule has 9 nitrogen and oxygen atoms in total. The number of hydrogen-bond donors (Lipinski definition) is 3. The number of nitrogens with one attached hydrogen (secondary N) is 1. The number of anilines is 1. The van der Waals surface area contributed by atoms with Gasteiger partial charge in [-0.2, -0.15) is 21.4 Å². The van der Waals surface area contributed by atoms with E-state index in [4.69, 9.17) is 9.11 Å². The van der Waals surface area contributed by atoms with Crippen molar-refractivity contribution in [2.45, 2.75) is 30.7 Å². The predicted octanol–water partition coefficient (Wildman–Crippen LogP) is 4.18. The number of thiazole rings is 1. The second kappa shape index (κ2) is 11.9. The van der Waals surface area contributed by atoms with E-state index < -0.39 is 20.2 Å². The van der Waals surface area contributed by atoms with Crippen LogP contribution in [0.2, 0.25) is 0 Å². The maximum Gasteiger partial charge on any atom is 0.265 e. The second-order valence-corrected chi connectivity index (χ2v) is 13.3. The molecule has 2 heterocycles. The molecule has 0 aliphatic carbocycles. The Morgan fingerprint density at radius 1 is 0.944 bits per heavy atom. The van der Waals surface area contributed by atoms with Crippen molar-refractivity contribution in [3.05, 3.63) is 70.2 Å². The summed E-state index contributed by atoms with van der Waals surface area (Å²) in [6.07, 6.45) is 6.80. The van der Waals surface area contributed by atoms with Crippen molar-refractivity contribution < 1.29 is 36.0 Å². The first-order valence-corrected chi connectivity index (χ1v) is 15.7. The van der Waals surface area contributed by atoms with Gasteiger partial charge in [-0.3, -0.25) is 9.11 Å². The minimum absolute atomic E-state index is 0. The van der Waals surface area contributed by atoms with E-state index in [9.17, 15) is 16.8 Å². The number of fused-ring (bicyclic) bond motifs is 2. The number of rotatable bonds is 10. The molecule has 4 N–H and O–H groups in total. The van der Waals surface area contributed by atoms with Gasteiger partial charge in [0.05, 0.1) is 22.2 Å². The largest absolute Gasteiger partial charge is 0.870 e. The van der Waals surface area contributed by atoms with E-state index in [1.54, 1.807) is 23.1 Å². The van der Waals surface area contributed by atoms with Crippen LogP contribution in [0, 0.1) is 0 Å². The molecule has 4 rings (SSSR count). The lowest BCUT2D eigenvalue weighted by atomic mass is 10.1. The highest BCUT2D eigenvalue weighted by molar-refractivity contribution is 8.03. The molecule has 0 atom stereocenters. The molecule has 3 aromatic rings. The molecular weight excluding hydrogens is 545 g/mol. The number of thioether (sulfide) groups is 1. The number of nitrogens with zero attached hydrogens (tertiary/aromatic N) is 1. The Hall–Kier alpha value is -2.26. The quantitative estimate of drug-likeness (QED) is 0.240. The van der Waals surface area contributed by atoms with E-state index in [-0.39, 0.29) is 29.8 Å². The molecule has 194 valence electrons. The van der Waals surface area contributed by atoms with E-state index >= 15 is 0 Å². The summed E-state index contributed by atoms with van der Waals surface area (Å²) in [4.78, 5) is 1.16. The zero-order chi connectivity index (χ0) is 25.1. The summed E-state index contributed by atoms with van der Waals surface area (Å²) in [5.74, 6) is -0.683. The monoisotopic (exact) mass is 570 g/mol. The van der Waals surface area contributed by atoms with E-state index in [1.807, 2.05) is 59.2 Å². The number of hydrogen-bond acceptors (Lipinski definition) is 8. The molecule has 0 unspecified atom stereocenters. The van der Waals surface area contributed by atoms with Crippen LogP contribution in [-0.4, -0.2) is 42.9 Å². The number of aromatic nitrogens is 1. The second-order valence-electron chi connectivity index (χ2n) is 8.00. The third-order valence-electron chi connectivity index (χ3n) is 5.32. The average molecular weight is 571 g/mol. The van der Waals surface area contributed by atoms with Crippen molar-refractivity contribution in [1.82, 2.24) is 0 Å². The fourth-order valence-corrected chi connectivity index (χ4v) is 6.93. The highest BCUT2D eigenvalue weighted by Gasteiger charge is 2.23. The number of aryl methyl sites for hydroxylation is 2. The van der Waals surface area contributed by atoms with Gasteiger partial charge in [0.25, 0.3) is 25.2 Å². The summed E-state index contributed by atoms with van der Waals surface area (Å²) < 4.78 is 66.0. The van der Waals surface area contributed by atoms with Crippen molar-refractivity contribution in [2.75, 3.05) is 16.8 Å². The molecule has 1 aromatic heterocycles. The molecule has 1 aliphatic heterocycles. The molecule has 0 bridgehead atoms. The Balaban J connectivity index is 0.00000361. The summed E-state index contributed by atoms with van der Waals surface area (Å²) in [7, 11) is -8.13. The Kier molecular flexibility index (Phi) is 9.33. The van der Waals surface area contributed by atoms with Crippen LogP contribution in [0.15, 0.2) is 64.5 Å². The topological polar surface area (TPSA) is 155 Å². The van der Waals surface area contributed by atoms with Crippen LogP contribution in [0.1, 0.15) is 23.4 Å². The van der Waals surface area contributed by atoms with Crippen LogP contribution >= 0.6 is 23.1 Å². The van der Waals surface area contributed by atoms with Crippen LogP contribution < -0.4 is 9.88 Å². The number of allylic oxidation sites excluding steroid dienone is 2. The van der Waals surface area contributed by atoms with E-state index in [1.165, 1.54) is 0 Å². The lowest BCUT2D eigenvalue weighted by Crippen LogP contribution is -2.36. The molecule has 0 spiro atoms. The first kappa shape index (κ1) is 28.3. The van der Waals surface area contributed by atoms with Gasteiger partial charge in [-0.25, -0.2) is 0 Å². The van der Waals surface area contributed by atoms with E-state index in [2.05, 4.69) is 11.4 Å². The molecule has 0 fully saturated rings. The van der Waals surface area contributed by atoms with Crippen LogP contribution in [0.25, 0.3) is 16.3 Å². The van der Waals surface area contributed by atoms with Gasteiger partial charge >= 0.3 is 0 Å². The summed E-state index contributed by atoms with van der Waals surface area (Å²) in [5.41, 5.74) is 2.88. The Morgan fingerprint density at radius 3 is 2.39 bits per heavy atom. The van der Waals surface area contributed by atoms with Crippen LogP contribution in [0.3, 0.4) is 0 Å². The molecule has 36 heavy (non-hydrogen) atoms. The van der Waals surface area contributed by atoms with Gasteiger partial charge in [0.2, 0.25) is 5.52 Å². The zero-order valence-corrected chi connectivity index (χ0v) is 22.3. The number of benzene rings is 2. The highest BCUT2D eigenvalue weighted by Crippen LogP contribution is 2.40. The van der Waals surface area contributed by atoms with E-state index in [0.717, 1.165) is 36.4 Å². The lowest BCUT2D eigenvalue weighted by Gasteiger charge is -2.03. The average Bonchev–Trinajstić information content (AvgIpc) is 3.33. The van der Waals surface area contributed by atoms with Gasteiger partial charge in [0.1, 0.15) is 4.70 Å². The normalized spacial score (nSPS) is 14.8. The summed E-state index contributed by atoms with van der Waals surface area (Å²) in [6, 6.07) is 13.8. The first-order chi connectivity index (χ1) is 16.6. The Labute approximate surface area is 218 Å². The smallest absolute Gasteiger partial charge is 0.265 e. The SMILES string of the molecule is O=S(=O)(O)CCCc1cccc2sc(C=CC=C3Nc4ccccc4S3)[n+](CCCS(=O)(=O)O)c12.[OH-]. The van der Waals surface area contributed by atoms with E-state index in [0.29, 0.717) is 13.0 Å². The lowest BCUT2D eigenvalue weighted by molar-refractivity contribution is -0.668. The standard InChI is InChI=1S/C23H24N2O6S4.H2O/c26-34(27,28)15-5-8-17-7-3-11-20-23(17)25(14-6-16-35(29,30)31)22(33-20)13-4-12-21-24-18-9-1-2-10-19(18)32-21;/h1-4,7,9-13H,5-6,8,14-16H2,(H2,26,27,28,29,30,31);1H2. The van der Waals surface area contributed by atoms with Gasteiger partial charge < -0.3 is 10.8 Å². The molecule has 0 amide bonds. The first-order valence-electron chi connectivity index (χ1n) is 10.9. The van der Waals surface area contributed by atoms with Crippen LogP contribution in [0.4, 0.5) is 5.69 Å². The summed E-state index contributed by atoms with van der Waals surface area (Å²) in [6.45, 7) is 0.365. The maximum atomic E-state index is 11.3. The molecule has 13 heteroatoms. The molecule has 2 aromatic carbocycles.